The number of piperazine rings is 1. The van der Waals surface area contributed by atoms with Crippen LogP contribution in [-0.2, 0) is 0 Å². The summed E-state index contributed by atoms with van der Waals surface area (Å²) >= 11 is 0. The van der Waals surface area contributed by atoms with Crippen molar-refractivity contribution in [3.8, 4) is 0 Å². The predicted molar refractivity (Wildman–Crippen MR) is 80.0 cm³/mol. The Morgan fingerprint density at radius 3 is 2.75 bits per heavy atom. The molecule has 3 rings (SSSR count). The predicted octanol–water partition coefficient (Wildman–Crippen LogP) is 0.193. The molecule has 2 N–H and O–H groups in total. The molecule has 7 nitrogen and oxygen atoms in total. The molecule has 0 radical (unpaired) electrons. The van der Waals surface area contributed by atoms with Gasteiger partial charge in [-0.2, -0.15) is 15.0 Å². The van der Waals surface area contributed by atoms with Crippen molar-refractivity contribution in [2.24, 2.45) is 0 Å². The molecule has 2 aliphatic rings. The Hall–Kier alpha value is -1.63. The molecule has 1 aromatic rings. The Morgan fingerprint density at radius 2 is 2.00 bits per heavy atom. The van der Waals surface area contributed by atoms with Gasteiger partial charge in [0.05, 0.1) is 0 Å². The van der Waals surface area contributed by atoms with Crippen molar-refractivity contribution in [1.82, 2.24) is 19.9 Å². The van der Waals surface area contributed by atoms with Crippen LogP contribution in [-0.4, -0.2) is 65.7 Å². The van der Waals surface area contributed by atoms with E-state index in [1.54, 1.807) is 0 Å². The van der Waals surface area contributed by atoms with Gasteiger partial charge in [-0.05, 0) is 26.3 Å². The summed E-state index contributed by atoms with van der Waals surface area (Å²) in [6, 6.07) is 1.04. The summed E-state index contributed by atoms with van der Waals surface area (Å²) in [6.07, 6.45) is 2.57. The van der Waals surface area contributed by atoms with E-state index in [-0.39, 0.29) is 0 Å². The monoisotopic (exact) mass is 277 g/mol. The summed E-state index contributed by atoms with van der Waals surface area (Å²) in [5.41, 5.74) is 5.83. The van der Waals surface area contributed by atoms with E-state index in [0.717, 1.165) is 13.1 Å². The molecule has 0 amide bonds. The lowest BCUT2D eigenvalue weighted by Gasteiger charge is -2.42. The number of anilines is 3. The molecule has 1 aromatic heterocycles. The highest BCUT2D eigenvalue weighted by molar-refractivity contribution is 5.44. The largest absolute Gasteiger partial charge is 0.368 e. The van der Waals surface area contributed by atoms with Gasteiger partial charge >= 0.3 is 0 Å². The Morgan fingerprint density at radius 1 is 1.20 bits per heavy atom. The number of hydrogen-bond donors (Lipinski definition) is 1. The fourth-order valence-electron chi connectivity index (χ4n) is 3.16. The van der Waals surface area contributed by atoms with Crippen molar-refractivity contribution >= 4 is 17.8 Å². The topological polar surface area (TPSA) is 74.4 Å². The number of nitrogens with two attached hydrogens (primary N) is 1. The highest BCUT2D eigenvalue weighted by Crippen LogP contribution is 2.27. The fourth-order valence-corrected chi connectivity index (χ4v) is 3.16. The quantitative estimate of drug-likeness (QED) is 0.827. The Kier molecular flexibility index (Phi) is 3.37. The zero-order chi connectivity index (χ0) is 14.3. The van der Waals surface area contributed by atoms with Crippen LogP contribution in [0.25, 0.3) is 0 Å². The van der Waals surface area contributed by atoms with E-state index < -0.39 is 0 Å². The second-order valence-corrected chi connectivity index (χ2v) is 5.98. The zero-order valence-corrected chi connectivity index (χ0v) is 12.5. The summed E-state index contributed by atoms with van der Waals surface area (Å²) in [5.74, 6) is 1.62. The van der Waals surface area contributed by atoms with Gasteiger partial charge in [0, 0.05) is 39.3 Å². The van der Waals surface area contributed by atoms with Crippen LogP contribution in [0.3, 0.4) is 0 Å². The lowest BCUT2D eigenvalue weighted by atomic mass is 10.1. The van der Waals surface area contributed by atoms with Crippen molar-refractivity contribution in [2.75, 3.05) is 49.3 Å². The van der Waals surface area contributed by atoms with Crippen molar-refractivity contribution in [2.45, 2.75) is 31.8 Å². The molecule has 2 unspecified atom stereocenters. The van der Waals surface area contributed by atoms with Gasteiger partial charge in [0.1, 0.15) is 0 Å². The number of fused-ring (bicyclic) bond motifs is 1. The normalized spacial score (nSPS) is 26.6. The van der Waals surface area contributed by atoms with Gasteiger partial charge in [0.25, 0.3) is 0 Å². The summed E-state index contributed by atoms with van der Waals surface area (Å²) in [7, 11) is 3.83. The highest BCUT2D eigenvalue weighted by atomic mass is 15.4. The van der Waals surface area contributed by atoms with E-state index in [9.17, 15) is 0 Å². The molecule has 110 valence electrons. The molecule has 0 aromatic carbocycles. The van der Waals surface area contributed by atoms with Crippen molar-refractivity contribution in [3.05, 3.63) is 0 Å². The molecule has 2 atom stereocenters. The van der Waals surface area contributed by atoms with Crippen LogP contribution in [0.1, 0.15) is 19.8 Å². The minimum Gasteiger partial charge on any atom is -0.368 e. The van der Waals surface area contributed by atoms with Crippen LogP contribution in [0, 0.1) is 0 Å². The lowest BCUT2D eigenvalue weighted by molar-refractivity contribution is 0.201. The van der Waals surface area contributed by atoms with Gasteiger partial charge in [-0.3, -0.25) is 4.90 Å². The third-order valence-corrected chi connectivity index (χ3v) is 4.22. The molecule has 0 aliphatic carbocycles. The molecular formula is C13H23N7. The fraction of sp³-hybridized carbons (Fsp3) is 0.769. The zero-order valence-electron chi connectivity index (χ0n) is 12.5. The van der Waals surface area contributed by atoms with Crippen LogP contribution in [0.15, 0.2) is 0 Å². The minimum absolute atomic E-state index is 0.291. The Balaban J connectivity index is 1.87. The summed E-state index contributed by atoms with van der Waals surface area (Å²) in [5, 5.41) is 0. The Bertz CT molecular complexity index is 490. The van der Waals surface area contributed by atoms with E-state index >= 15 is 0 Å². The van der Waals surface area contributed by atoms with Gasteiger partial charge in [-0.25, -0.2) is 0 Å². The first-order valence-electron chi connectivity index (χ1n) is 7.24. The highest BCUT2D eigenvalue weighted by Gasteiger charge is 2.35. The smallest absolute Gasteiger partial charge is 0.232 e. The molecule has 2 fully saturated rings. The average Bonchev–Trinajstić information content (AvgIpc) is 2.83. The van der Waals surface area contributed by atoms with Crippen molar-refractivity contribution in [1.29, 1.82) is 0 Å². The van der Waals surface area contributed by atoms with Gasteiger partial charge < -0.3 is 15.5 Å². The molecule has 0 bridgehead atoms. The van der Waals surface area contributed by atoms with E-state index in [1.165, 1.54) is 19.4 Å². The SMILES string of the molecule is CC1CN2CCCC2CN1c1nc(N)nc(N(C)C)n1. The molecule has 0 spiro atoms. The number of nitrogens with zero attached hydrogens (tertiary/aromatic N) is 6. The Labute approximate surface area is 119 Å². The maximum absolute atomic E-state index is 5.83. The third kappa shape index (κ3) is 2.37. The van der Waals surface area contributed by atoms with E-state index in [4.69, 9.17) is 5.73 Å². The van der Waals surface area contributed by atoms with Gasteiger partial charge in [0.15, 0.2) is 0 Å². The number of hydrogen-bond acceptors (Lipinski definition) is 7. The molecule has 0 saturated carbocycles. The standard InChI is InChI=1S/C13H23N7/c1-9-7-19-6-4-5-10(19)8-20(9)13-16-11(14)15-12(17-13)18(2)3/h9-10H,4-8H2,1-3H3,(H2,14,15,16,17). The van der Waals surface area contributed by atoms with E-state index in [0.29, 0.717) is 29.9 Å². The minimum atomic E-state index is 0.291. The first-order chi connectivity index (χ1) is 9.54. The van der Waals surface area contributed by atoms with E-state index in [1.807, 2.05) is 19.0 Å². The molecule has 2 saturated heterocycles. The molecule has 7 heteroatoms. The molecule has 2 aliphatic heterocycles. The second-order valence-electron chi connectivity index (χ2n) is 5.98. The van der Waals surface area contributed by atoms with E-state index in [2.05, 4.69) is 31.7 Å². The molecule has 20 heavy (non-hydrogen) atoms. The molecule has 3 heterocycles. The summed E-state index contributed by atoms with van der Waals surface area (Å²) in [4.78, 5) is 19.8. The second kappa shape index (κ2) is 5.05. The maximum atomic E-state index is 5.83. The van der Waals surface area contributed by atoms with Gasteiger partial charge in [-0.15, -0.1) is 0 Å². The van der Waals surface area contributed by atoms with Crippen molar-refractivity contribution in [3.63, 3.8) is 0 Å². The average molecular weight is 277 g/mol. The van der Waals surface area contributed by atoms with Crippen molar-refractivity contribution < 1.29 is 0 Å². The maximum Gasteiger partial charge on any atom is 0.232 e. The number of rotatable bonds is 2. The van der Waals surface area contributed by atoms with Gasteiger partial charge in [0.2, 0.25) is 17.8 Å². The van der Waals surface area contributed by atoms with Crippen LogP contribution < -0.4 is 15.5 Å². The van der Waals surface area contributed by atoms with Gasteiger partial charge in [-0.1, -0.05) is 0 Å². The summed E-state index contributed by atoms with van der Waals surface area (Å²) < 4.78 is 0. The van der Waals surface area contributed by atoms with Crippen LogP contribution in [0.4, 0.5) is 17.8 Å². The van der Waals surface area contributed by atoms with Crippen LogP contribution in [0.2, 0.25) is 0 Å². The first kappa shape index (κ1) is 13.4. The third-order valence-electron chi connectivity index (χ3n) is 4.22. The summed E-state index contributed by atoms with van der Waals surface area (Å²) in [6.45, 7) is 5.51. The number of nitrogen functional groups attached to an aromatic ring is 1. The number of aromatic nitrogens is 3. The molecular weight excluding hydrogens is 254 g/mol. The van der Waals surface area contributed by atoms with Crippen LogP contribution >= 0.6 is 0 Å². The first-order valence-corrected chi connectivity index (χ1v) is 7.24. The van der Waals surface area contributed by atoms with Crippen LogP contribution in [0.5, 0.6) is 0 Å². The lowest BCUT2D eigenvalue weighted by Crippen LogP contribution is -2.55.